The summed E-state index contributed by atoms with van der Waals surface area (Å²) >= 11 is 0. The Morgan fingerprint density at radius 3 is 2.64 bits per heavy atom. The van der Waals surface area contributed by atoms with Gasteiger partial charge in [0, 0.05) is 11.6 Å². The summed E-state index contributed by atoms with van der Waals surface area (Å²) < 4.78 is 15.0. The number of halogens is 1. The Labute approximate surface area is 163 Å². The first-order valence-corrected chi connectivity index (χ1v) is 9.54. The molecule has 144 valence electrons. The van der Waals surface area contributed by atoms with E-state index >= 15 is 0 Å². The average Bonchev–Trinajstić information content (AvgIpc) is 3.16. The van der Waals surface area contributed by atoms with E-state index in [-0.39, 0.29) is 17.6 Å². The molecule has 0 radical (unpaired) electrons. The van der Waals surface area contributed by atoms with Crippen molar-refractivity contribution in [1.29, 1.82) is 0 Å². The van der Waals surface area contributed by atoms with Gasteiger partial charge in [0.1, 0.15) is 5.82 Å². The summed E-state index contributed by atoms with van der Waals surface area (Å²) in [5.41, 5.74) is 4.16. The summed E-state index contributed by atoms with van der Waals surface area (Å²) in [5, 5.41) is 10.8. The van der Waals surface area contributed by atoms with Crippen LogP contribution in [-0.2, 0) is 0 Å². The highest BCUT2D eigenvalue weighted by atomic mass is 19.1. The molecule has 0 aliphatic carbocycles. The van der Waals surface area contributed by atoms with Crippen LogP contribution in [0, 0.1) is 12.7 Å². The van der Waals surface area contributed by atoms with E-state index in [4.69, 9.17) is 0 Å². The lowest BCUT2D eigenvalue weighted by Gasteiger charge is -2.24. The molecular weight excluding hydrogens is 355 g/mol. The van der Waals surface area contributed by atoms with Crippen molar-refractivity contribution >= 4 is 11.6 Å². The molecule has 1 saturated heterocycles. The number of hydrogen-bond acceptors (Lipinski definition) is 3. The van der Waals surface area contributed by atoms with Gasteiger partial charge in [-0.25, -0.2) is 9.07 Å². The SMILES string of the molecule is Cc1cccc(-n2ncc(C(=O)Nc3ccc(F)cc3)c2C2CCNCC2)c1. The molecular formula is C22H23FN4O. The van der Waals surface area contributed by atoms with Crippen molar-refractivity contribution < 1.29 is 9.18 Å². The van der Waals surface area contributed by atoms with Crippen LogP contribution in [0.5, 0.6) is 0 Å². The van der Waals surface area contributed by atoms with E-state index < -0.39 is 0 Å². The van der Waals surface area contributed by atoms with Gasteiger partial charge in [-0.05, 0) is 74.8 Å². The van der Waals surface area contributed by atoms with Crippen LogP contribution in [0.1, 0.15) is 40.4 Å². The van der Waals surface area contributed by atoms with Crippen LogP contribution in [0.4, 0.5) is 10.1 Å². The number of nitrogens with zero attached hydrogens (tertiary/aromatic N) is 2. The fourth-order valence-electron chi connectivity index (χ4n) is 3.72. The van der Waals surface area contributed by atoms with Crippen molar-refractivity contribution in [3.63, 3.8) is 0 Å². The Morgan fingerprint density at radius 1 is 1.18 bits per heavy atom. The van der Waals surface area contributed by atoms with Crippen molar-refractivity contribution in [2.45, 2.75) is 25.7 Å². The number of nitrogens with one attached hydrogen (secondary N) is 2. The molecule has 2 N–H and O–H groups in total. The summed E-state index contributed by atoms with van der Waals surface area (Å²) in [6.45, 7) is 3.88. The molecule has 6 heteroatoms. The van der Waals surface area contributed by atoms with E-state index in [1.54, 1.807) is 18.3 Å². The van der Waals surface area contributed by atoms with Crippen molar-refractivity contribution in [1.82, 2.24) is 15.1 Å². The molecule has 0 atom stereocenters. The van der Waals surface area contributed by atoms with Gasteiger partial charge in [0.2, 0.25) is 0 Å². The lowest BCUT2D eigenvalue weighted by molar-refractivity contribution is 0.102. The number of aromatic nitrogens is 2. The summed E-state index contributed by atoms with van der Waals surface area (Å²) in [5.74, 6) is -0.307. The van der Waals surface area contributed by atoms with Gasteiger partial charge < -0.3 is 10.6 Å². The lowest BCUT2D eigenvalue weighted by Crippen LogP contribution is -2.29. The van der Waals surface area contributed by atoms with Gasteiger partial charge in [-0.2, -0.15) is 5.10 Å². The predicted octanol–water partition coefficient (Wildman–Crippen LogP) is 4.04. The second-order valence-corrected chi connectivity index (χ2v) is 7.18. The highest BCUT2D eigenvalue weighted by Crippen LogP contribution is 2.31. The molecule has 1 aliphatic rings. The van der Waals surface area contributed by atoms with Gasteiger partial charge in [-0.15, -0.1) is 0 Å². The van der Waals surface area contributed by atoms with Crippen molar-refractivity contribution in [2.24, 2.45) is 0 Å². The normalized spacial score (nSPS) is 14.8. The topological polar surface area (TPSA) is 59.0 Å². The van der Waals surface area contributed by atoms with Crippen LogP contribution < -0.4 is 10.6 Å². The molecule has 28 heavy (non-hydrogen) atoms. The molecule has 0 unspecified atom stereocenters. The molecule has 3 aromatic rings. The third kappa shape index (κ3) is 3.82. The van der Waals surface area contributed by atoms with E-state index in [2.05, 4.69) is 21.8 Å². The predicted molar refractivity (Wildman–Crippen MR) is 107 cm³/mol. The highest BCUT2D eigenvalue weighted by molar-refractivity contribution is 6.05. The van der Waals surface area contributed by atoms with E-state index in [9.17, 15) is 9.18 Å². The largest absolute Gasteiger partial charge is 0.322 e. The molecule has 0 saturated carbocycles. The summed E-state index contributed by atoms with van der Waals surface area (Å²) in [6.07, 6.45) is 3.54. The van der Waals surface area contributed by atoms with Gasteiger partial charge in [0.15, 0.2) is 0 Å². The van der Waals surface area contributed by atoms with E-state index in [0.29, 0.717) is 11.3 Å². The molecule has 4 rings (SSSR count). The summed E-state index contributed by atoms with van der Waals surface area (Å²) in [4.78, 5) is 13.0. The maximum absolute atomic E-state index is 13.1. The molecule has 0 bridgehead atoms. The Balaban J connectivity index is 1.71. The average molecular weight is 378 g/mol. The van der Waals surface area contributed by atoms with Gasteiger partial charge in [0.05, 0.1) is 23.1 Å². The minimum absolute atomic E-state index is 0.223. The monoisotopic (exact) mass is 378 g/mol. The van der Waals surface area contributed by atoms with Gasteiger partial charge in [0.25, 0.3) is 5.91 Å². The molecule has 1 amide bonds. The first-order valence-electron chi connectivity index (χ1n) is 9.54. The van der Waals surface area contributed by atoms with Crippen molar-refractivity contribution in [3.05, 3.63) is 77.4 Å². The number of benzene rings is 2. The Kier molecular flexibility index (Phi) is 5.21. The molecule has 1 aromatic heterocycles. The number of carbonyl (C=O) groups excluding carboxylic acids is 1. The van der Waals surface area contributed by atoms with Crippen LogP contribution in [0.3, 0.4) is 0 Å². The van der Waals surface area contributed by atoms with Gasteiger partial charge in [-0.3, -0.25) is 4.79 Å². The number of anilines is 1. The van der Waals surface area contributed by atoms with E-state index in [0.717, 1.165) is 42.9 Å². The van der Waals surface area contributed by atoms with Crippen LogP contribution >= 0.6 is 0 Å². The first-order chi connectivity index (χ1) is 13.6. The zero-order valence-electron chi connectivity index (χ0n) is 15.8. The van der Waals surface area contributed by atoms with Crippen LogP contribution in [0.2, 0.25) is 0 Å². The van der Waals surface area contributed by atoms with Crippen LogP contribution in [0.25, 0.3) is 5.69 Å². The zero-order valence-corrected chi connectivity index (χ0v) is 15.8. The first kappa shape index (κ1) is 18.4. The zero-order chi connectivity index (χ0) is 19.5. The molecule has 2 aromatic carbocycles. The number of amides is 1. The molecule has 2 heterocycles. The van der Waals surface area contributed by atoms with Crippen LogP contribution in [0.15, 0.2) is 54.7 Å². The molecule has 0 spiro atoms. The number of rotatable bonds is 4. The number of aryl methyl sites for hydroxylation is 1. The Morgan fingerprint density at radius 2 is 1.93 bits per heavy atom. The van der Waals surface area contributed by atoms with Gasteiger partial charge >= 0.3 is 0 Å². The molecule has 1 aliphatic heterocycles. The quantitative estimate of drug-likeness (QED) is 0.720. The Hall–Kier alpha value is -2.99. The number of hydrogen-bond donors (Lipinski definition) is 2. The fourth-order valence-corrected chi connectivity index (χ4v) is 3.72. The van der Waals surface area contributed by atoms with E-state index in [1.165, 1.54) is 12.1 Å². The Bertz CT molecular complexity index is 974. The second-order valence-electron chi connectivity index (χ2n) is 7.18. The van der Waals surface area contributed by atoms with Gasteiger partial charge in [-0.1, -0.05) is 12.1 Å². The lowest BCUT2D eigenvalue weighted by atomic mass is 9.91. The van der Waals surface area contributed by atoms with Crippen molar-refractivity contribution in [2.75, 3.05) is 18.4 Å². The fraction of sp³-hybridized carbons (Fsp3) is 0.273. The standard InChI is InChI=1S/C22H23FN4O/c1-15-3-2-4-19(13-15)27-21(16-9-11-24-12-10-16)20(14-25-27)22(28)26-18-7-5-17(23)6-8-18/h2-8,13-14,16,24H,9-12H2,1H3,(H,26,28). The van der Waals surface area contributed by atoms with Crippen LogP contribution in [-0.4, -0.2) is 28.8 Å². The minimum Gasteiger partial charge on any atom is -0.322 e. The van der Waals surface area contributed by atoms with Crippen molar-refractivity contribution in [3.8, 4) is 5.69 Å². The number of carbonyl (C=O) groups is 1. The third-order valence-corrected chi connectivity index (χ3v) is 5.13. The smallest absolute Gasteiger partial charge is 0.259 e. The van der Waals surface area contributed by atoms with E-state index in [1.807, 2.05) is 29.8 Å². The molecule has 1 fully saturated rings. The highest BCUT2D eigenvalue weighted by Gasteiger charge is 2.27. The molecule has 5 nitrogen and oxygen atoms in total. The number of piperidine rings is 1. The summed E-state index contributed by atoms with van der Waals surface area (Å²) in [7, 11) is 0. The maximum atomic E-state index is 13.1. The summed E-state index contributed by atoms with van der Waals surface area (Å²) in [6, 6.07) is 13.9. The minimum atomic E-state index is -0.333. The third-order valence-electron chi connectivity index (χ3n) is 5.13. The maximum Gasteiger partial charge on any atom is 0.259 e. The second kappa shape index (κ2) is 7.94.